The number of nitrogens with zero attached hydrogens (tertiary/aromatic N) is 1. The fourth-order valence-corrected chi connectivity index (χ4v) is 1.19. The Morgan fingerprint density at radius 3 is 3.40 bits per heavy atom. The van der Waals surface area contributed by atoms with E-state index in [0.29, 0.717) is 5.92 Å². The van der Waals surface area contributed by atoms with E-state index in [4.69, 9.17) is 4.74 Å². The molecule has 10 heavy (non-hydrogen) atoms. The molecule has 0 aromatic carbocycles. The predicted octanol–water partition coefficient (Wildman–Crippen LogP) is 1.58. The van der Waals surface area contributed by atoms with Crippen molar-refractivity contribution in [2.75, 3.05) is 6.61 Å². The lowest BCUT2D eigenvalue weighted by atomic mass is 10.1. The second-order valence-corrected chi connectivity index (χ2v) is 2.61. The van der Waals surface area contributed by atoms with Crippen LogP contribution in [0.1, 0.15) is 18.4 Å². The number of rotatable bonds is 0. The molecule has 1 aromatic heterocycles. The molecule has 52 valence electrons. The molecule has 0 saturated heterocycles. The van der Waals surface area contributed by atoms with Crippen molar-refractivity contribution in [2.45, 2.75) is 12.8 Å². The fraction of sp³-hybridized carbons (Fsp3) is 0.375. The number of hydrogen-bond acceptors (Lipinski definition) is 2. The predicted molar refractivity (Wildman–Crippen MR) is 38.1 cm³/mol. The van der Waals surface area contributed by atoms with Gasteiger partial charge in [-0.15, -0.1) is 0 Å². The first-order chi connectivity index (χ1) is 4.88. The van der Waals surface area contributed by atoms with Crippen molar-refractivity contribution < 1.29 is 4.74 Å². The van der Waals surface area contributed by atoms with E-state index in [9.17, 15) is 0 Å². The van der Waals surface area contributed by atoms with Crippen LogP contribution in [0.3, 0.4) is 0 Å². The van der Waals surface area contributed by atoms with Crippen molar-refractivity contribution in [3.8, 4) is 5.88 Å². The van der Waals surface area contributed by atoms with Gasteiger partial charge in [-0.2, -0.15) is 0 Å². The van der Waals surface area contributed by atoms with Crippen molar-refractivity contribution in [3.05, 3.63) is 23.9 Å². The number of ether oxygens (including phenoxy) is 1. The van der Waals surface area contributed by atoms with Crippen LogP contribution < -0.4 is 4.74 Å². The van der Waals surface area contributed by atoms with Crippen molar-refractivity contribution >= 4 is 0 Å². The minimum atomic E-state index is 0.517. The number of fused-ring (bicyclic) bond motifs is 1. The minimum Gasteiger partial charge on any atom is -0.477 e. The molecule has 2 heteroatoms. The fourth-order valence-electron chi connectivity index (χ4n) is 1.19. The highest BCUT2D eigenvalue weighted by atomic mass is 16.5. The average Bonchev–Trinajstić information content (AvgIpc) is 2.34. The van der Waals surface area contributed by atoms with Gasteiger partial charge in [0.2, 0.25) is 5.88 Å². The monoisotopic (exact) mass is 135 g/mol. The van der Waals surface area contributed by atoms with Crippen molar-refractivity contribution in [3.63, 3.8) is 0 Å². The molecule has 0 amide bonds. The van der Waals surface area contributed by atoms with Crippen LogP contribution in [-0.4, -0.2) is 11.6 Å². The molecular formula is C8H9NO. The first kappa shape index (κ1) is 5.71. The van der Waals surface area contributed by atoms with E-state index in [1.807, 2.05) is 6.07 Å². The largest absolute Gasteiger partial charge is 0.477 e. The first-order valence-corrected chi connectivity index (χ1v) is 3.45. The molecule has 0 fully saturated rings. The maximum atomic E-state index is 5.30. The smallest absolute Gasteiger partial charge is 0.216 e. The van der Waals surface area contributed by atoms with Crippen LogP contribution in [0.2, 0.25) is 0 Å². The molecule has 0 N–H and O–H groups in total. The van der Waals surface area contributed by atoms with E-state index < -0.39 is 0 Å². The molecule has 0 spiro atoms. The van der Waals surface area contributed by atoms with E-state index in [0.717, 1.165) is 12.5 Å². The standard InChI is InChI=1S/C8H9NO/c1-6-5-10-8-7(6)3-2-4-9-8/h2-4,6H,5H2,1H3/t6-/m0/s1. The van der Waals surface area contributed by atoms with Crippen molar-refractivity contribution in [1.82, 2.24) is 4.98 Å². The van der Waals surface area contributed by atoms with Gasteiger partial charge in [-0.05, 0) is 6.07 Å². The molecule has 1 aromatic rings. The van der Waals surface area contributed by atoms with Gasteiger partial charge >= 0.3 is 0 Å². The molecule has 0 saturated carbocycles. The van der Waals surface area contributed by atoms with E-state index in [1.165, 1.54) is 5.56 Å². The molecule has 1 aliphatic rings. The van der Waals surface area contributed by atoms with Gasteiger partial charge in [0.05, 0.1) is 6.61 Å². The van der Waals surface area contributed by atoms with Gasteiger partial charge < -0.3 is 4.74 Å². The minimum absolute atomic E-state index is 0.517. The maximum absolute atomic E-state index is 5.30. The normalized spacial score (nSPS) is 21.9. The quantitative estimate of drug-likeness (QED) is 0.538. The summed E-state index contributed by atoms with van der Waals surface area (Å²) in [7, 11) is 0. The summed E-state index contributed by atoms with van der Waals surface area (Å²) in [5.41, 5.74) is 1.24. The molecule has 2 nitrogen and oxygen atoms in total. The van der Waals surface area contributed by atoms with Gasteiger partial charge in [0, 0.05) is 17.7 Å². The summed E-state index contributed by atoms with van der Waals surface area (Å²) in [6.07, 6.45) is 1.76. The van der Waals surface area contributed by atoms with Crippen LogP contribution in [0.25, 0.3) is 0 Å². The van der Waals surface area contributed by atoms with Crippen molar-refractivity contribution in [1.29, 1.82) is 0 Å². The molecule has 0 radical (unpaired) electrons. The molecule has 0 unspecified atom stereocenters. The van der Waals surface area contributed by atoms with Crippen LogP contribution in [0.15, 0.2) is 18.3 Å². The molecule has 0 bridgehead atoms. The van der Waals surface area contributed by atoms with Gasteiger partial charge in [-0.3, -0.25) is 0 Å². The number of hydrogen-bond donors (Lipinski definition) is 0. The zero-order valence-corrected chi connectivity index (χ0v) is 5.87. The highest BCUT2D eigenvalue weighted by Crippen LogP contribution is 2.30. The van der Waals surface area contributed by atoms with E-state index in [1.54, 1.807) is 6.20 Å². The van der Waals surface area contributed by atoms with E-state index >= 15 is 0 Å². The van der Waals surface area contributed by atoms with Crippen LogP contribution in [0, 0.1) is 0 Å². The second kappa shape index (κ2) is 1.97. The summed E-state index contributed by atoms with van der Waals surface area (Å²) >= 11 is 0. The first-order valence-electron chi connectivity index (χ1n) is 3.45. The summed E-state index contributed by atoms with van der Waals surface area (Å²) in [5, 5.41) is 0. The van der Waals surface area contributed by atoms with Gasteiger partial charge in [0.1, 0.15) is 0 Å². The Hall–Kier alpha value is -1.05. The third-order valence-corrected chi connectivity index (χ3v) is 1.80. The van der Waals surface area contributed by atoms with Crippen LogP contribution in [0.4, 0.5) is 0 Å². The Morgan fingerprint density at radius 1 is 1.70 bits per heavy atom. The summed E-state index contributed by atoms with van der Waals surface area (Å²) in [6, 6.07) is 4.02. The molecular weight excluding hydrogens is 126 g/mol. The summed E-state index contributed by atoms with van der Waals surface area (Å²) < 4.78 is 5.30. The lowest BCUT2D eigenvalue weighted by Crippen LogP contribution is -1.93. The Bertz CT molecular complexity index is 247. The van der Waals surface area contributed by atoms with Crippen molar-refractivity contribution in [2.24, 2.45) is 0 Å². The lowest BCUT2D eigenvalue weighted by Gasteiger charge is -1.95. The SMILES string of the molecule is C[C@H]1COc2ncccc21. The van der Waals surface area contributed by atoms with E-state index in [-0.39, 0.29) is 0 Å². The van der Waals surface area contributed by atoms with Crippen LogP contribution >= 0.6 is 0 Å². The second-order valence-electron chi connectivity index (χ2n) is 2.61. The maximum Gasteiger partial charge on any atom is 0.216 e. The summed E-state index contributed by atoms with van der Waals surface area (Å²) in [6.45, 7) is 2.93. The average molecular weight is 135 g/mol. The molecule has 2 heterocycles. The summed E-state index contributed by atoms with van der Waals surface area (Å²) in [4.78, 5) is 4.09. The Labute approximate surface area is 59.9 Å². The zero-order valence-electron chi connectivity index (χ0n) is 5.87. The van der Waals surface area contributed by atoms with Gasteiger partial charge in [-0.1, -0.05) is 13.0 Å². The highest BCUT2D eigenvalue weighted by Gasteiger charge is 2.19. The van der Waals surface area contributed by atoms with E-state index in [2.05, 4.69) is 18.0 Å². The van der Waals surface area contributed by atoms with Gasteiger partial charge in [0.25, 0.3) is 0 Å². The van der Waals surface area contributed by atoms with Crippen LogP contribution in [0.5, 0.6) is 5.88 Å². The molecule has 0 aliphatic carbocycles. The third-order valence-electron chi connectivity index (χ3n) is 1.80. The number of pyridine rings is 1. The molecule has 1 atom stereocenters. The highest BCUT2D eigenvalue weighted by molar-refractivity contribution is 5.32. The third kappa shape index (κ3) is 0.685. The molecule has 1 aliphatic heterocycles. The van der Waals surface area contributed by atoms with Gasteiger partial charge in [0.15, 0.2) is 0 Å². The zero-order chi connectivity index (χ0) is 6.97. The molecule has 2 rings (SSSR count). The van der Waals surface area contributed by atoms with Crippen LogP contribution in [-0.2, 0) is 0 Å². The lowest BCUT2D eigenvalue weighted by molar-refractivity contribution is 0.327. The topological polar surface area (TPSA) is 22.1 Å². The van der Waals surface area contributed by atoms with Gasteiger partial charge in [-0.25, -0.2) is 4.98 Å². The Balaban J connectivity index is 2.51. The Morgan fingerprint density at radius 2 is 2.60 bits per heavy atom. The number of aromatic nitrogens is 1. The summed E-state index contributed by atoms with van der Waals surface area (Å²) in [5.74, 6) is 1.33. The Kier molecular flexibility index (Phi) is 1.13.